The topological polar surface area (TPSA) is 82.3 Å². The fraction of sp³-hybridized carbons (Fsp3) is 0.150. The van der Waals surface area contributed by atoms with Crippen molar-refractivity contribution in [2.24, 2.45) is 5.10 Å². The van der Waals surface area contributed by atoms with Crippen LogP contribution in [0.1, 0.15) is 32.9 Å². The molecule has 132 valence electrons. The Labute approximate surface area is 151 Å². The molecule has 2 aromatic carbocycles. The van der Waals surface area contributed by atoms with Gasteiger partial charge in [0.15, 0.2) is 0 Å². The van der Waals surface area contributed by atoms with Crippen LogP contribution in [-0.2, 0) is 6.54 Å². The van der Waals surface area contributed by atoms with Crippen molar-refractivity contribution >= 4 is 17.9 Å². The van der Waals surface area contributed by atoms with Crippen LogP contribution in [0.3, 0.4) is 0 Å². The maximum absolute atomic E-state index is 10.9. The second-order valence-electron chi connectivity index (χ2n) is 5.97. The van der Waals surface area contributed by atoms with Crippen molar-refractivity contribution in [2.45, 2.75) is 20.4 Å². The first kappa shape index (κ1) is 17.4. The quantitative estimate of drug-likeness (QED) is 0.548. The molecule has 26 heavy (non-hydrogen) atoms. The highest BCUT2D eigenvalue weighted by atomic mass is 16.4. The molecule has 0 radical (unpaired) electrons. The van der Waals surface area contributed by atoms with Gasteiger partial charge in [0.2, 0.25) is 0 Å². The van der Waals surface area contributed by atoms with Gasteiger partial charge >= 0.3 is 0 Å². The maximum Gasteiger partial charge on any atom is 0.0716 e. The number of hydrazone groups is 1. The number of nitrogens with one attached hydrogen (secondary N) is 1. The summed E-state index contributed by atoms with van der Waals surface area (Å²) in [5.74, 6) is -1.22. The Morgan fingerprint density at radius 1 is 1.19 bits per heavy atom. The van der Waals surface area contributed by atoms with Crippen LogP contribution in [0.25, 0.3) is 0 Å². The molecule has 0 saturated carbocycles. The smallest absolute Gasteiger partial charge is 0.0716 e. The summed E-state index contributed by atoms with van der Waals surface area (Å²) in [6.07, 6.45) is 1.70. The van der Waals surface area contributed by atoms with Crippen molar-refractivity contribution in [3.63, 3.8) is 0 Å². The number of carbonyl (C=O) groups is 1. The average Bonchev–Trinajstić information content (AvgIpc) is 2.90. The van der Waals surface area contributed by atoms with E-state index >= 15 is 0 Å². The molecule has 0 aliphatic carbocycles. The molecule has 0 aliphatic heterocycles. The SMILES string of the molecule is Cc1nn(Cc2ccccc2)c(C)c1/C=N\Nc1cccc(C(=O)[O-])c1. The highest BCUT2D eigenvalue weighted by molar-refractivity contribution is 5.87. The summed E-state index contributed by atoms with van der Waals surface area (Å²) >= 11 is 0. The first-order valence-corrected chi connectivity index (χ1v) is 8.23. The van der Waals surface area contributed by atoms with Gasteiger partial charge < -0.3 is 9.90 Å². The van der Waals surface area contributed by atoms with E-state index in [0.717, 1.165) is 17.0 Å². The van der Waals surface area contributed by atoms with Gasteiger partial charge in [0.05, 0.1) is 30.1 Å². The molecule has 0 atom stereocenters. The van der Waals surface area contributed by atoms with Crippen LogP contribution in [-0.4, -0.2) is 22.0 Å². The number of anilines is 1. The monoisotopic (exact) mass is 347 g/mol. The Morgan fingerprint density at radius 2 is 1.96 bits per heavy atom. The van der Waals surface area contributed by atoms with Crippen molar-refractivity contribution in [1.82, 2.24) is 9.78 Å². The van der Waals surface area contributed by atoms with Crippen LogP contribution in [0.2, 0.25) is 0 Å². The molecule has 0 unspecified atom stereocenters. The van der Waals surface area contributed by atoms with E-state index in [2.05, 4.69) is 27.8 Å². The lowest BCUT2D eigenvalue weighted by atomic mass is 10.2. The Hall–Kier alpha value is -3.41. The normalized spacial score (nSPS) is 11.0. The van der Waals surface area contributed by atoms with E-state index in [1.165, 1.54) is 17.7 Å². The molecule has 0 spiro atoms. The molecule has 0 aliphatic rings. The number of carboxylic acid groups (broad SMARTS) is 1. The minimum absolute atomic E-state index is 0.105. The van der Waals surface area contributed by atoms with Crippen LogP contribution < -0.4 is 10.5 Å². The zero-order valence-corrected chi connectivity index (χ0v) is 14.6. The maximum atomic E-state index is 10.9. The molecule has 1 heterocycles. The highest BCUT2D eigenvalue weighted by Gasteiger charge is 2.10. The third-order valence-electron chi connectivity index (χ3n) is 4.10. The van der Waals surface area contributed by atoms with Gasteiger partial charge in [-0.1, -0.05) is 42.5 Å². The number of aromatic nitrogens is 2. The number of rotatable bonds is 6. The fourth-order valence-corrected chi connectivity index (χ4v) is 2.69. The van der Waals surface area contributed by atoms with E-state index in [0.29, 0.717) is 12.2 Å². The van der Waals surface area contributed by atoms with Gasteiger partial charge in [-0.05, 0) is 37.1 Å². The van der Waals surface area contributed by atoms with Crippen molar-refractivity contribution in [1.29, 1.82) is 0 Å². The molecule has 0 bridgehead atoms. The van der Waals surface area contributed by atoms with Crippen LogP contribution in [0.5, 0.6) is 0 Å². The van der Waals surface area contributed by atoms with Crippen LogP contribution in [0.15, 0.2) is 59.7 Å². The van der Waals surface area contributed by atoms with Crippen molar-refractivity contribution in [2.75, 3.05) is 5.43 Å². The Balaban J connectivity index is 1.74. The minimum Gasteiger partial charge on any atom is -0.545 e. The predicted molar refractivity (Wildman–Crippen MR) is 99.2 cm³/mol. The van der Waals surface area contributed by atoms with E-state index in [4.69, 9.17) is 0 Å². The van der Waals surface area contributed by atoms with Gasteiger partial charge in [-0.15, -0.1) is 0 Å². The summed E-state index contributed by atoms with van der Waals surface area (Å²) < 4.78 is 1.95. The second-order valence-corrected chi connectivity index (χ2v) is 5.97. The standard InChI is InChI=1S/C20H20N4O2/c1-14-19(12-21-22-18-10-6-9-17(11-18)20(25)26)15(2)24(23-14)13-16-7-4-3-5-8-16/h3-12,22H,13H2,1-2H3,(H,25,26)/p-1/b21-12-. The minimum atomic E-state index is -1.22. The molecule has 3 rings (SSSR count). The van der Waals surface area contributed by atoms with Crippen LogP contribution >= 0.6 is 0 Å². The van der Waals surface area contributed by atoms with Gasteiger partial charge in [-0.3, -0.25) is 10.1 Å². The van der Waals surface area contributed by atoms with Crippen LogP contribution in [0.4, 0.5) is 5.69 Å². The average molecular weight is 347 g/mol. The lowest BCUT2D eigenvalue weighted by Gasteiger charge is -2.05. The van der Waals surface area contributed by atoms with Gasteiger partial charge in [0.25, 0.3) is 0 Å². The molecule has 3 aromatic rings. The number of hydrogen-bond acceptors (Lipinski definition) is 5. The van der Waals surface area contributed by atoms with Crippen molar-refractivity contribution in [3.05, 3.63) is 82.7 Å². The summed E-state index contributed by atoms with van der Waals surface area (Å²) in [6, 6.07) is 16.5. The second kappa shape index (κ2) is 7.65. The number of nitrogens with zero attached hydrogens (tertiary/aromatic N) is 3. The summed E-state index contributed by atoms with van der Waals surface area (Å²) in [6.45, 7) is 4.63. The molecule has 0 fully saturated rings. The molecule has 1 N–H and O–H groups in total. The number of hydrogen-bond donors (Lipinski definition) is 1. The first-order valence-electron chi connectivity index (χ1n) is 8.23. The van der Waals surface area contributed by atoms with Crippen molar-refractivity contribution < 1.29 is 9.90 Å². The first-order chi connectivity index (χ1) is 12.5. The molecule has 0 saturated heterocycles. The number of aromatic carboxylic acids is 1. The Morgan fingerprint density at radius 3 is 2.69 bits per heavy atom. The molecule has 0 amide bonds. The lowest BCUT2D eigenvalue weighted by Crippen LogP contribution is -2.22. The molecular formula is C20H19N4O2-. The van der Waals surface area contributed by atoms with Crippen LogP contribution in [0, 0.1) is 13.8 Å². The van der Waals surface area contributed by atoms with Gasteiger partial charge in [-0.2, -0.15) is 10.2 Å². The predicted octanol–water partition coefficient (Wildman–Crippen LogP) is 2.36. The Bertz CT molecular complexity index is 946. The third kappa shape index (κ3) is 3.97. The number of benzene rings is 2. The zero-order valence-electron chi connectivity index (χ0n) is 14.6. The van der Waals surface area contributed by atoms with Gasteiger partial charge in [0.1, 0.15) is 0 Å². The lowest BCUT2D eigenvalue weighted by molar-refractivity contribution is -0.255. The number of carboxylic acids is 1. The van der Waals surface area contributed by atoms with E-state index in [-0.39, 0.29) is 5.56 Å². The summed E-state index contributed by atoms with van der Waals surface area (Å²) in [5.41, 5.74) is 7.54. The van der Waals surface area contributed by atoms with Gasteiger partial charge in [-0.25, -0.2) is 0 Å². The van der Waals surface area contributed by atoms with Gasteiger partial charge in [0, 0.05) is 11.3 Å². The zero-order chi connectivity index (χ0) is 18.5. The summed E-state index contributed by atoms with van der Waals surface area (Å²) in [4.78, 5) is 10.9. The largest absolute Gasteiger partial charge is 0.545 e. The van der Waals surface area contributed by atoms with E-state index in [1.807, 2.05) is 36.7 Å². The summed E-state index contributed by atoms with van der Waals surface area (Å²) in [5, 5.41) is 19.7. The summed E-state index contributed by atoms with van der Waals surface area (Å²) in [7, 11) is 0. The number of aryl methyl sites for hydroxylation is 1. The molecule has 1 aromatic heterocycles. The molecule has 6 nitrogen and oxygen atoms in total. The highest BCUT2D eigenvalue weighted by Crippen LogP contribution is 2.14. The Kier molecular flexibility index (Phi) is 5.12. The van der Waals surface area contributed by atoms with E-state index in [1.54, 1.807) is 18.3 Å². The third-order valence-corrected chi connectivity index (χ3v) is 4.10. The van der Waals surface area contributed by atoms with Crippen molar-refractivity contribution in [3.8, 4) is 0 Å². The number of carbonyl (C=O) groups excluding carboxylic acids is 1. The fourth-order valence-electron chi connectivity index (χ4n) is 2.69. The van der Waals surface area contributed by atoms with E-state index < -0.39 is 5.97 Å². The molecular weight excluding hydrogens is 328 g/mol. The van der Waals surface area contributed by atoms with E-state index in [9.17, 15) is 9.90 Å². The molecule has 6 heteroatoms.